The fraction of sp³-hybridized carbons (Fsp3) is 0.100. The van der Waals surface area contributed by atoms with Crippen LogP contribution in [0, 0.1) is 5.82 Å². The minimum absolute atomic E-state index is 0.127. The lowest BCUT2D eigenvalue weighted by atomic mass is 9.99. The Bertz CT molecular complexity index is 847. The average molecular weight is 340 g/mol. The van der Waals surface area contributed by atoms with E-state index in [1.54, 1.807) is 48.8 Å². The monoisotopic (exact) mass is 339 g/mol. The van der Waals surface area contributed by atoms with E-state index in [4.69, 9.17) is 11.6 Å². The minimum Gasteiger partial charge on any atom is -0.294 e. The number of rotatable bonds is 5. The summed E-state index contributed by atoms with van der Waals surface area (Å²) in [6.45, 7) is 0. The molecule has 120 valence electrons. The van der Waals surface area contributed by atoms with Gasteiger partial charge in [-0.3, -0.25) is 9.78 Å². The van der Waals surface area contributed by atoms with Gasteiger partial charge in [0.25, 0.3) is 0 Å². The number of carbonyl (C=O) groups excluding carboxylic acids is 1. The Kier molecular flexibility index (Phi) is 5.02. The largest absolute Gasteiger partial charge is 0.294 e. The van der Waals surface area contributed by atoms with E-state index in [1.807, 2.05) is 12.1 Å². The lowest BCUT2D eigenvalue weighted by Crippen LogP contribution is -2.04. The van der Waals surface area contributed by atoms with E-state index in [0.717, 1.165) is 16.7 Å². The maximum atomic E-state index is 14.3. The van der Waals surface area contributed by atoms with Crippen molar-refractivity contribution in [2.45, 2.75) is 12.8 Å². The normalized spacial score (nSPS) is 10.6. The summed E-state index contributed by atoms with van der Waals surface area (Å²) in [6.07, 6.45) is 4.12. The van der Waals surface area contributed by atoms with Gasteiger partial charge in [0.1, 0.15) is 5.82 Å². The molecular formula is C20H15ClFNO. The van der Waals surface area contributed by atoms with E-state index >= 15 is 0 Å². The van der Waals surface area contributed by atoms with E-state index < -0.39 is 5.82 Å². The Hall–Kier alpha value is -2.52. The van der Waals surface area contributed by atoms with Crippen LogP contribution in [0.3, 0.4) is 0 Å². The third-order valence-corrected chi connectivity index (χ3v) is 4.09. The van der Waals surface area contributed by atoms with Gasteiger partial charge in [-0.05, 0) is 59.5 Å². The van der Waals surface area contributed by atoms with Gasteiger partial charge in [-0.1, -0.05) is 29.8 Å². The first-order valence-corrected chi connectivity index (χ1v) is 7.99. The van der Waals surface area contributed by atoms with Crippen LogP contribution in [0.4, 0.5) is 4.39 Å². The van der Waals surface area contributed by atoms with Crippen LogP contribution in [0.2, 0.25) is 5.02 Å². The molecule has 2 nitrogen and oxygen atoms in total. The van der Waals surface area contributed by atoms with Gasteiger partial charge >= 0.3 is 0 Å². The number of hydrogen-bond donors (Lipinski definition) is 0. The van der Waals surface area contributed by atoms with Crippen molar-refractivity contribution < 1.29 is 9.18 Å². The van der Waals surface area contributed by atoms with Gasteiger partial charge in [0, 0.05) is 23.8 Å². The molecule has 0 unspecified atom stereocenters. The summed E-state index contributed by atoms with van der Waals surface area (Å²) in [7, 11) is 0. The molecule has 1 heterocycles. The summed E-state index contributed by atoms with van der Waals surface area (Å²) in [5, 5.41) is 0.655. The quantitative estimate of drug-likeness (QED) is 0.586. The second-order valence-corrected chi connectivity index (χ2v) is 5.92. The summed E-state index contributed by atoms with van der Waals surface area (Å²) in [6, 6.07) is 15.6. The molecule has 4 heteroatoms. The Morgan fingerprint density at radius 1 is 0.958 bits per heavy atom. The fourth-order valence-corrected chi connectivity index (χ4v) is 2.63. The summed E-state index contributed by atoms with van der Waals surface area (Å²) >= 11 is 5.84. The zero-order chi connectivity index (χ0) is 16.9. The van der Waals surface area contributed by atoms with Gasteiger partial charge < -0.3 is 0 Å². The molecule has 0 radical (unpaired) electrons. The number of nitrogens with zero attached hydrogens (tertiary/aromatic N) is 1. The van der Waals surface area contributed by atoms with Crippen LogP contribution in [0.5, 0.6) is 0 Å². The molecule has 2 aromatic carbocycles. The number of Topliss-reactive ketones (excluding diaryl/α,β-unsaturated/α-hetero) is 1. The predicted octanol–water partition coefficient (Wildman–Crippen LogP) is 5.36. The lowest BCUT2D eigenvalue weighted by molar-refractivity contribution is 0.0979. The van der Waals surface area contributed by atoms with E-state index in [-0.39, 0.29) is 17.8 Å². The van der Waals surface area contributed by atoms with Gasteiger partial charge in [-0.25, -0.2) is 4.39 Å². The van der Waals surface area contributed by atoms with Crippen molar-refractivity contribution in [3.05, 3.63) is 89.0 Å². The van der Waals surface area contributed by atoms with Crippen LogP contribution in [0.15, 0.2) is 67.0 Å². The molecular weight excluding hydrogens is 325 g/mol. The second kappa shape index (κ2) is 7.37. The number of carbonyl (C=O) groups is 1. The number of halogens is 2. The molecule has 0 fully saturated rings. The molecule has 0 saturated carbocycles. The summed E-state index contributed by atoms with van der Waals surface area (Å²) in [5.41, 5.74) is 2.72. The highest BCUT2D eigenvalue weighted by molar-refractivity contribution is 6.30. The van der Waals surface area contributed by atoms with Gasteiger partial charge in [-0.15, -0.1) is 0 Å². The molecule has 0 atom stereocenters. The zero-order valence-corrected chi connectivity index (χ0v) is 13.6. The average Bonchev–Trinajstić information content (AvgIpc) is 2.61. The van der Waals surface area contributed by atoms with Crippen LogP contribution in [0.1, 0.15) is 22.3 Å². The Labute approximate surface area is 144 Å². The Morgan fingerprint density at radius 3 is 2.33 bits per heavy atom. The second-order valence-electron chi connectivity index (χ2n) is 5.48. The highest BCUT2D eigenvalue weighted by Gasteiger charge is 2.13. The fourth-order valence-electron chi connectivity index (χ4n) is 2.51. The molecule has 0 spiro atoms. The van der Waals surface area contributed by atoms with Gasteiger partial charge in [0.05, 0.1) is 5.56 Å². The molecule has 0 aliphatic rings. The van der Waals surface area contributed by atoms with E-state index in [0.29, 0.717) is 11.4 Å². The van der Waals surface area contributed by atoms with Crippen LogP contribution in [0.25, 0.3) is 11.1 Å². The Balaban J connectivity index is 1.72. The van der Waals surface area contributed by atoms with Crippen LogP contribution in [-0.2, 0) is 6.42 Å². The molecule has 0 saturated heterocycles. The highest BCUT2D eigenvalue weighted by atomic mass is 35.5. The number of aryl methyl sites for hydroxylation is 1. The number of pyridine rings is 1. The van der Waals surface area contributed by atoms with E-state index in [9.17, 15) is 9.18 Å². The summed E-state index contributed by atoms with van der Waals surface area (Å²) in [5.74, 6) is -0.700. The first-order valence-electron chi connectivity index (χ1n) is 7.61. The molecule has 0 bridgehead atoms. The molecule has 0 N–H and O–H groups in total. The topological polar surface area (TPSA) is 30.0 Å². The SMILES string of the molecule is O=C(CCc1ccc(Cl)cc1)c1ccc(-c2ccncc2)cc1F. The molecule has 24 heavy (non-hydrogen) atoms. The molecule has 3 aromatic rings. The molecule has 0 amide bonds. The number of aromatic nitrogens is 1. The third kappa shape index (κ3) is 3.87. The lowest BCUT2D eigenvalue weighted by Gasteiger charge is -2.06. The van der Waals surface area contributed by atoms with Crippen molar-refractivity contribution in [1.82, 2.24) is 4.98 Å². The zero-order valence-electron chi connectivity index (χ0n) is 12.9. The minimum atomic E-state index is -0.495. The highest BCUT2D eigenvalue weighted by Crippen LogP contribution is 2.22. The summed E-state index contributed by atoms with van der Waals surface area (Å²) in [4.78, 5) is 16.2. The van der Waals surface area contributed by atoms with Crippen molar-refractivity contribution in [2.75, 3.05) is 0 Å². The van der Waals surface area contributed by atoms with Gasteiger partial charge in [0.15, 0.2) is 5.78 Å². The maximum Gasteiger partial charge on any atom is 0.166 e. The van der Waals surface area contributed by atoms with Crippen LogP contribution >= 0.6 is 11.6 Å². The van der Waals surface area contributed by atoms with Crippen molar-refractivity contribution in [3.63, 3.8) is 0 Å². The van der Waals surface area contributed by atoms with Gasteiger partial charge in [-0.2, -0.15) is 0 Å². The third-order valence-electron chi connectivity index (χ3n) is 3.84. The van der Waals surface area contributed by atoms with Crippen molar-refractivity contribution in [2.24, 2.45) is 0 Å². The Morgan fingerprint density at radius 2 is 1.67 bits per heavy atom. The summed E-state index contributed by atoms with van der Waals surface area (Å²) < 4.78 is 14.3. The first kappa shape index (κ1) is 16.3. The number of hydrogen-bond acceptors (Lipinski definition) is 2. The van der Waals surface area contributed by atoms with Gasteiger partial charge in [0.2, 0.25) is 0 Å². The predicted molar refractivity (Wildman–Crippen MR) is 93.7 cm³/mol. The van der Waals surface area contributed by atoms with Crippen molar-refractivity contribution >= 4 is 17.4 Å². The molecule has 1 aromatic heterocycles. The standard InChI is InChI=1S/C20H15ClFNO/c21-17-5-1-14(2-6-17)3-8-20(24)18-7-4-16(13-19(18)22)15-9-11-23-12-10-15/h1-2,4-7,9-13H,3,8H2. The first-order chi connectivity index (χ1) is 11.6. The van der Waals surface area contributed by atoms with Crippen LogP contribution in [-0.4, -0.2) is 10.8 Å². The molecule has 0 aliphatic heterocycles. The molecule has 3 rings (SSSR count). The molecule has 0 aliphatic carbocycles. The number of benzene rings is 2. The van der Waals surface area contributed by atoms with Crippen molar-refractivity contribution in [1.29, 1.82) is 0 Å². The smallest absolute Gasteiger partial charge is 0.166 e. The van der Waals surface area contributed by atoms with Crippen molar-refractivity contribution in [3.8, 4) is 11.1 Å². The van der Waals surface area contributed by atoms with E-state index in [1.165, 1.54) is 6.07 Å². The van der Waals surface area contributed by atoms with Crippen LogP contribution < -0.4 is 0 Å². The van der Waals surface area contributed by atoms with E-state index in [2.05, 4.69) is 4.98 Å². The maximum absolute atomic E-state index is 14.3. The number of ketones is 1.